The van der Waals surface area contributed by atoms with Gasteiger partial charge in [0.2, 0.25) is 0 Å². The van der Waals surface area contributed by atoms with Crippen molar-refractivity contribution in [3.05, 3.63) is 59.2 Å². The molecule has 0 saturated carbocycles. The minimum absolute atomic E-state index is 0.109. The quantitative estimate of drug-likeness (QED) is 0.835. The second kappa shape index (κ2) is 9.11. The van der Waals surface area contributed by atoms with Gasteiger partial charge in [0.1, 0.15) is 5.75 Å². The van der Waals surface area contributed by atoms with Gasteiger partial charge >= 0.3 is 0 Å². The van der Waals surface area contributed by atoms with Crippen molar-refractivity contribution >= 4 is 11.6 Å². The Morgan fingerprint density at radius 3 is 2.25 bits per heavy atom. The van der Waals surface area contributed by atoms with E-state index in [-0.39, 0.29) is 5.91 Å². The molecule has 28 heavy (non-hydrogen) atoms. The topological polar surface area (TPSA) is 44.8 Å². The van der Waals surface area contributed by atoms with Crippen LogP contribution in [0.3, 0.4) is 0 Å². The third kappa shape index (κ3) is 5.49. The molecule has 1 heterocycles. The summed E-state index contributed by atoms with van der Waals surface area (Å²) in [6.45, 7) is 10.6. The first-order valence-electron chi connectivity index (χ1n) is 9.96. The molecule has 2 aromatic carbocycles. The van der Waals surface area contributed by atoms with Crippen LogP contribution in [0.4, 0.5) is 5.69 Å². The number of rotatable bonds is 6. The SMILES string of the molecule is Cc1cc(C)cc(O[C@H](C)C(=O)NCc2ccc(N3CCN(C)CC3)cc2)c1. The molecule has 1 amide bonds. The summed E-state index contributed by atoms with van der Waals surface area (Å²) in [4.78, 5) is 17.1. The molecule has 1 atom stereocenters. The maximum absolute atomic E-state index is 12.4. The zero-order valence-corrected chi connectivity index (χ0v) is 17.4. The van der Waals surface area contributed by atoms with Crippen LogP contribution in [0.25, 0.3) is 0 Å². The van der Waals surface area contributed by atoms with Crippen molar-refractivity contribution < 1.29 is 9.53 Å². The molecule has 150 valence electrons. The van der Waals surface area contributed by atoms with E-state index in [0.717, 1.165) is 48.6 Å². The lowest BCUT2D eigenvalue weighted by atomic mass is 10.1. The van der Waals surface area contributed by atoms with Crippen molar-refractivity contribution in [3.8, 4) is 5.75 Å². The van der Waals surface area contributed by atoms with E-state index in [2.05, 4.69) is 52.5 Å². The van der Waals surface area contributed by atoms with Crippen molar-refractivity contribution in [3.63, 3.8) is 0 Å². The minimum atomic E-state index is -0.536. The molecule has 3 rings (SSSR count). The monoisotopic (exact) mass is 381 g/mol. The number of hydrogen-bond donors (Lipinski definition) is 1. The zero-order valence-electron chi connectivity index (χ0n) is 17.4. The first-order valence-corrected chi connectivity index (χ1v) is 9.96. The van der Waals surface area contributed by atoms with Gasteiger partial charge in [-0.15, -0.1) is 0 Å². The van der Waals surface area contributed by atoms with Crippen molar-refractivity contribution in [1.29, 1.82) is 0 Å². The summed E-state index contributed by atoms with van der Waals surface area (Å²) in [5.41, 5.74) is 4.59. The molecule has 0 radical (unpaired) electrons. The number of likely N-dealkylation sites (N-methyl/N-ethyl adjacent to an activating group) is 1. The summed E-state index contributed by atoms with van der Waals surface area (Å²) < 4.78 is 5.81. The van der Waals surface area contributed by atoms with E-state index in [1.165, 1.54) is 5.69 Å². The molecule has 1 N–H and O–H groups in total. The van der Waals surface area contributed by atoms with Gasteiger partial charge in [0.15, 0.2) is 6.10 Å². The second-order valence-electron chi connectivity index (χ2n) is 7.76. The largest absolute Gasteiger partial charge is 0.481 e. The number of aryl methyl sites for hydroxylation is 2. The lowest BCUT2D eigenvalue weighted by molar-refractivity contribution is -0.127. The number of ether oxygens (including phenoxy) is 1. The van der Waals surface area contributed by atoms with Gasteiger partial charge in [0, 0.05) is 38.4 Å². The number of benzene rings is 2. The van der Waals surface area contributed by atoms with Crippen molar-refractivity contribution in [2.45, 2.75) is 33.4 Å². The highest BCUT2D eigenvalue weighted by atomic mass is 16.5. The van der Waals surface area contributed by atoms with Crippen LogP contribution in [-0.4, -0.2) is 50.1 Å². The average molecular weight is 382 g/mol. The van der Waals surface area contributed by atoms with Gasteiger partial charge < -0.3 is 19.9 Å². The number of anilines is 1. The maximum Gasteiger partial charge on any atom is 0.261 e. The fraction of sp³-hybridized carbons (Fsp3) is 0.435. The van der Waals surface area contributed by atoms with E-state index in [4.69, 9.17) is 4.74 Å². The molecule has 1 fully saturated rings. The fourth-order valence-electron chi connectivity index (χ4n) is 3.48. The van der Waals surface area contributed by atoms with Crippen LogP contribution >= 0.6 is 0 Å². The van der Waals surface area contributed by atoms with Crippen molar-refractivity contribution in [1.82, 2.24) is 10.2 Å². The van der Waals surface area contributed by atoms with Crippen molar-refractivity contribution in [2.24, 2.45) is 0 Å². The molecule has 0 unspecified atom stereocenters. The standard InChI is InChI=1S/C23H31N3O2/c1-17-13-18(2)15-22(14-17)28-19(3)23(27)24-16-20-5-7-21(8-6-20)26-11-9-25(4)10-12-26/h5-8,13-15,19H,9-12,16H2,1-4H3,(H,24,27)/t19-/m1/s1. The number of carbonyl (C=O) groups is 1. The zero-order chi connectivity index (χ0) is 20.1. The van der Waals surface area contributed by atoms with E-state index < -0.39 is 6.10 Å². The molecular formula is C23H31N3O2. The highest BCUT2D eigenvalue weighted by molar-refractivity contribution is 5.80. The number of nitrogens with zero attached hydrogens (tertiary/aromatic N) is 2. The Morgan fingerprint density at radius 2 is 1.64 bits per heavy atom. The molecule has 2 aromatic rings. The number of amides is 1. The van der Waals surface area contributed by atoms with Crippen LogP contribution in [0.1, 0.15) is 23.6 Å². The molecule has 0 spiro atoms. The van der Waals surface area contributed by atoms with Crippen LogP contribution in [-0.2, 0) is 11.3 Å². The van der Waals surface area contributed by atoms with E-state index in [1.54, 1.807) is 6.92 Å². The Morgan fingerprint density at radius 1 is 1.04 bits per heavy atom. The first kappa shape index (κ1) is 20.2. The maximum atomic E-state index is 12.4. The third-order valence-electron chi connectivity index (χ3n) is 5.15. The first-order chi connectivity index (χ1) is 13.4. The Balaban J connectivity index is 1.49. The Labute approximate surface area is 168 Å². The van der Waals surface area contributed by atoms with Gasteiger partial charge in [0.25, 0.3) is 5.91 Å². The summed E-state index contributed by atoms with van der Waals surface area (Å²) in [7, 11) is 2.16. The Hall–Kier alpha value is -2.53. The van der Waals surface area contributed by atoms with Gasteiger partial charge in [-0.1, -0.05) is 18.2 Å². The smallest absolute Gasteiger partial charge is 0.261 e. The molecule has 0 aliphatic carbocycles. The van der Waals surface area contributed by atoms with Gasteiger partial charge in [-0.3, -0.25) is 4.79 Å². The van der Waals surface area contributed by atoms with Crippen LogP contribution < -0.4 is 15.0 Å². The summed E-state index contributed by atoms with van der Waals surface area (Å²) in [6.07, 6.45) is -0.536. The number of piperazine rings is 1. The highest BCUT2D eigenvalue weighted by Crippen LogP contribution is 2.18. The van der Waals surface area contributed by atoms with Gasteiger partial charge in [-0.25, -0.2) is 0 Å². The minimum Gasteiger partial charge on any atom is -0.481 e. The predicted octanol–water partition coefficient (Wildman–Crippen LogP) is 3.14. The highest BCUT2D eigenvalue weighted by Gasteiger charge is 2.16. The molecule has 5 nitrogen and oxygen atoms in total. The molecular weight excluding hydrogens is 350 g/mol. The molecule has 1 aliphatic heterocycles. The lowest BCUT2D eigenvalue weighted by Gasteiger charge is -2.34. The Kier molecular flexibility index (Phi) is 6.57. The summed E-state index contributed by atoms with van der Waals surface area (Å²) in [5.74, 6) is 0.624. The molecule has 0 aromatic heterocycles. The normalized spacial score (nSPS) is 15.9. The molecule has 1 saturated heterocycles. The van der Waals surface area contributed by atoms with Crippen LogP contribution in [0.15, 0.2) is 42.5 Å². The third-order valence-corrected chi connectivity index (χ3v) is 5.15. The summed E-state index contributed by atoms with van der Waals surface area (Å²) in [5, 5.41) is 2.97. The van der Waals surface area contributed by atoms with Gasteiger partial charge in [-0.2, -0.15) is 0 Å². The molecule has 5 heteroatoms. The van der Waals surface area contributed by atoms with Crippen LogP contribution in [0, 0.1) is 13.8 Å². The second-order valence-corrected chi connectivity index (χ2v) is 7.76. The summed E-state index contributed by atoms with van der Waals surface area (Å²) in [6, 6.07) is 14.4. The molecule has 1 aliphatic rings. The van der Waals surface area contributed by atoms with Gasteiger partial charge in [0.05, 0.1) is 0 Å². The summed E-state index contributed by atoms with van der Waals surface area (Å²) >= 11 is 0. The number of nitrogens with one attached hydrogen (secondary N) is 1. The lowest BCUT2D eigenvalue weighted by Crippen LogP contribution is -2.44. The average Bonchev–Trinajstić information content (AvgIpc) is 2.66. The van der Waals surface area contributed by atoms with E-state index in [9.17, 15) is 4.79 Å². The van der Waals surface area contributed by atoms with Gasteiger partial charge in [-0.05, 0) is 68.8 Å². The van der Waals surface area contributed by atoms with Crippen molar-refractivity contribution in [2.75, 3.05) is 38.1 Å². The predicted molar refractivity (Wildman–Crippen MR) is 114 cm³/mol. The number of carbonyl (C=O) groups excluding carboxylic acids is 1. The Bertz CT molecular complexity index is 776. The van der Waals surface area contributed by atoms with Crippen LogP contribution in [0.5, 0.6) is 5.75 Å². The number of hydrogen-bond acceptors (Lipinski definition) is 4. The fourth-order valence-corrected chi connectivity index (χ4v) is 3.48. The van der Waals surface area contributed by atoms with E-state index in [1.807, 2.05) is 26.0 Å². The van der Waals surface area contributed by atoms with E-state index >= 15 is 0 Å². The van der Waals surface area contributed by atoms with Crippen LogP contribution in [0.2, 0.25) is 0 Å². The molecule has 0 bridgehead atoms. The van der Waals surface area contributed by atoms with E-state index in [0.29, 0.717) is 6.54 Å².